The van der Waals surface area contributed by atoms with Crippen LogP contribution in [-0.4, -0.2) is 12.0 Å². The molecule has 0 bridgehead atoms. The second kappa shape index (κ2) is 4.28. The molecule has 0 spiro atoms. The number of alkyl halides is 2. The maximum atomic E-state index is 12.2. The lowest BCUT2D eigenvalue weighted by Gasteiger charge is -2.10. The quantitative estimate of drug-likeness (QED) is 0.783. The molecule has 13 heavy (non-hydrogen) atoms. The highest BCUT2D eigenvalue weighted by Crippen LogP contribution is 2.19. The van der Waals surface area contributed by atoms with Gasteiger partial charge >= 0.3 is 0 Å². The SMILES string of the molecule is CNC(C)c1ccnc(C(F)F)c1. The van der Waals surface area contributed by atoms with Gasteiger partial charge in [0.2, 0.25) is 0 Å². The van der Waals surface area contributed by atoms with Crippen molar-refractivity contribution in [3.63, 3.8) is 0 Å². The second-order valence-corrected chi connectivity index (χ2v) is 2.83. The van der Waals surface area contributed by atoms with Crippen molar-refractivity contribution >= 4 is 0 Å². The molecule has 0 saturated heterocycles. The maximum Gasteiger partial charge on any atom is 0.280 e. The number of hydrogen-bond acceptors (Lipinski definition) is 2. The predicted molar refractivity (Wildman–Crippen MR) is 46.7 cm³/mol. The monoisotopic (exact) mass is 186 g/mol. The van der Waals surface area contributed by atoms with Gasteiger partial charge < -0.3 is 5.32 Å². The van der Waals surface area contributed by atoms with Gasteiger partial charge in [-0.1, -0.05) is 0 Å². The van der Waals surface area contributed by atoms with Gasteiger partial charge in [0.1, 0.15) is 5.69 Å². The van der Waals surface area contributed by atoms with Gasteiger partial charge in [-0.25, -0.2) is 8.78 Å². The van der Waals surface area contributed by atoms with Crippen LogP contribution in [0.15, 0.2) is 18.3 Å². The van der Waals surface area contributed by atoms with E-state index in [1.54, 1.807) is 13.1 Å². The van der Waals surface area contributed by atoms with Gasteiger partial charge in [-0.2, -0.15) is 0 Å². The van der Waals surface area contributed by atoms with Crippen LogP contribution < -0.4 is 5.32 Å². The first-order chi connectivity index (χ1) is 6.15. The third kappa shape index (κ3) is 2.45. The Labute approximate surface area is 76.0 Å². The minimum absolute atomic E-state index is 0.0699. The highest BCUT2D eigenvalue weighted by molar-refractivity contribution is 5.20. The Morgan fingerprint density at radius 2 is 2.15 bits per heavy atom. The Morgan fingerprint density at radius 1 is 1.46 bits per heavy atom. The first-order valence-electron chi connectivity index (χ1n) is 4.06. The van der Waals surface area contributed by atoms with E-state index in [-0.39, 0.29) is 11.7 Å². The molecule has 1 atom stereocenters. The van der Waals surface area contributed by atoms with Crippen LogP contribution in [0.4, 0.5) is 8.78 Å². The van der Waals surface area contributed by atoms with E-state index >= 15 is 0 Å². The summed E-state index contributed by atoms with van der Waals surface area (Å²) in [4.78, 5) is 3.58. The predicted octanol–water partition coefficient (Wildman–Crippen LogP) is 2.30. The van der Waals surface area contributed by atoms with Gasteiger partial charge in [0, 0.05) is 12.2 Å². The van der Waals surface area contributed by atoms with Crippen LogP contribution in [0.5, 0.6) is 0 Å². The number of pyridine rings is 1. The average molecular weight is 186 g/mol. The highest BCUT2D eigenvalue weighted by Gasteiger charge is 2.10. The van der Waals surface area contributed by atoms with Crippen molar-refractivity contribution in [3.8, 4) is 0 Å². The number of rotatable bonds is 3. The lowest BCUT2D eigenvalue weighted by atomic mass is 10.1. The molecule has 4 heteroatoms. The third-order valence-electron chi connectivity index (χ3n) is 1.96. The highest BCUT2D eigenvalue weighted by atomic mass is 19.3. The number of hydrogen-bond donors (Lipinski definition) is 1. The number of halogens is 2. The van der Waals surface area contributed by atoms with Crippen molar-refractivity contribution in [2.75, 3.05) is 7.05 Å². The summed E-state index contributed by atoms with van der Waals surface area (Å²) in [7, 11) is 1.78. The topological polar surface area (TPSA) is 24.9 Å². The van der Waals surface area contributed by atoms with E-state index in [4.69, 9.17) is 0 Å². The zero-order chi connectivity index (χ0) is 9.84. The summed E-state index contributed by atoms with van der Waals surface area (Å²) in [6, 6.07) is 3.22. The molecule has 0 aliphatic heterocycles. The average Bonchev–Trinajstić information content (AvgIpc) is 2.17. The first kappa shape index (κ1) is 10.1. The van der Waals surface area contributed by atoms with Crippen molar-refractivity contribution in [3.05, 3.63) is 29.6 Å². The van der Waals surface area contributed by atoms with Crippen LogP contribution in [-0.2, 0) is 0 Å². The molecule has 2 nitrogen and oxygen atoms in total. The fraction of sp³-hybridized carbons (Fsp3) is 0.444. The largest absolute Gasteiger partial charge is 0.313 e. The van der Waals surface area contributed by atoms with Crippen molar-refractivity contribution in [2.45, 2.75) is 19.4 Å². The molecule has 1 heterocycles. The summed E-state index contributed by atoms with van der Waals surface area (Å²) in [6.07, 6.45) is -1.09. The molecule has 0 amide bonds. The second-order valence-electron chi connectivity index (χ2n) is 2.83. The molecule has 0 fully saturated rings. The van der Waals surface area contributed by atoms with E-state index in [0.717, 1.165) is 5.56 Å². The Kier molecular flexibility index (Phi) is 3.31. The molecule has 1 unspecified atom stereocenters. The fourth-order valence-electron chi connectivity index (χ4n) is 1.02. The van der Waals surface area contributed by atoms with Crippen molar-refractivity contribution in [2.24, 2.45) is 0 Å². The van der Waals surface area contributed by atoms with Gasteiger partial charge in [-0.05, 0) is 31.7 Å². The molecule has 0 aliphatic rings. The molecule has 1 N–H and O–H groups in total. The van der Waals surface area contributed by atoms with E-state index in [2.05, 4.69) is 10.3 Å². The molecule has 0 aromatic carbocycles. The Bertz CT molecular complexity index is 276. The fourth-order valence-corrected chi connectivity index (χ4v) is 1.02. The standard InChI is InChI=1S/C9H12F2N2/c1-6(12-2)7-3-4-13-8(5-7)9(10)11/h3-6,9,12H,1-2H3. The van der Waals surface area contributed by atoms with Crippen LogP contribution in [0.1, 0.15) is 30.6 Å². The zero-order valence-electron chi connectivity index (χ0n) is 7.59. The molecule has 0 saturated carbocycles. The lowest BCUT2D eigenvalue weighted by Crippen LogP contribution is -2.12. The van der Waals surface area contributed by atoms with Gasteiger partial charge in [-0.15, -0.1) is 0 Å². The van der Waals surface area contributed by atoms with Crippen LogP contribution in [0.3, 0.4) is 0 Å². The van der Waals surface area contributed by atoms with Gasteiger partial charge in [0.15, 0.2) is 0 Å². The van der Waals surface area contributed by atoms with E-state index in [0.29, 0.717) is 0 Å². The smallest absolute Gasteiger partial charge is 0.280 e. The normalized spacial score (nSPS) is 13.3. The molecule has 1 rings (SSSR count). The van der Waals surface area contributed by atoms with Crippen LogP contribution in [0, 0.1) is 0 Å². The molecular formula is C9H12F2N2. The molecule has 72 valence electrons. The summed E-state index contributed by atoms with van der Waals surface area (Å²) < 4.78 is 24.5. The molecule has 0 aliphatic carbocycles. The van der Waals surface area contributed by atoms with E-state index < -0.39 is 6.43 Å². The van der Waals surface area contributed by atoms with Crippen LogP contribution in [0.2, 0.25) is 0 Å². The summed E-state index contributed by atoms with van der Waals surface area (Å²) in [5.74, 6) is 0. The maximum absolute atomic E-state index is 12.2. The van der Waals surface area contributed by atoms with E-state index in [9.17, 15) is 8.78 Å². The number of nitrogens with zero attached hydrogens (tertiary/aromatic N) is 1. The van der Waals surface area contributed by atoms with Crippen molar-refractivity contribution in [1.29, 1.82) is 0 Å². The minimum Gasteiger partial charge on any atom is -0.313 e. The summed E-state index contributed by atoms with van der Waals surface area (Å²) in [5, 5.41) is 2.97. The van der Waals surface area contributed by atoms with E-state index in [1.165, 1.54) is 12.3 Å². The number of aromatic nitrogens is 1. The van der Waals surface area contributed by atoms with Crippen molar-refractivity contribution in [1.82, 2.24) is 10.3 Å². The molecule has 0 radical (unpaired) electrons. The van der Waals surface area contributed by atoms with Crippen LogP contribution in [0.25, 0.3) is 0 Å². The van der Waals surface area contributed by atoms with Crippen LogP contribution >= 0.6 is 0 Å². The summed E-state index contributed by atoms with van der Waals surface area (Å²) >= 11 is 0. The third-order valence-corrected chi connectivity index (χ3v) is 1.96. The van der Waals surface area contributed by atoms with Gasteiger partial charge in [-0.3, -0.25) is 4.98 Å². The Hall–Kier alpha value is -1.03. The Balaban J connectivity index is 2.91. The summed E-state index contributed by atoms with van der Waals surface area (Å²) in [6.45, 7) is 1.91. The molecular weight excluding hydrogens is 174 g/mol. The molecule has 1 aromatic heterocycles. The van der Waals surface area contributed by atoms with Gasteiger partial charge in [0.05, 0.1) is 0 Å². The minimum atomic E-state index is -2.50. The Morgan fingerprint density at radius 3 is 2.69 bits per heavy atom. The zero-order valence-corrected chi connectivity index (χ0v) is 7.59. The molecule has 1 aromatic rings. The van der Waals surface area contributed by atoms with E-state index in [1.807, 2.05) is 6.92 Å². The van der Waals surface area contributed by atoms with Crippen molar-refractivity contribution < 1.29 is 8.78 Å². The lowest BCUT2D eigenvalue weighted by molar-refractivity contribution is 0.146. The summed E-state index contributed by atoms with van der Waals surface area (Å²) in [5.41, 5.74) is 0.660. The number of nitrogens with one attached hydrogen (secondary N) is 1. The first-order valence-corrected chi connectivity index (χ1v) is 4.06. The van der Waals surface area contributed by atoms with Gasteiger partial charge in [0.25, 0.3) is 6.43 Å².